The Morgan fingerprint density at radius 1 is 1.38 bits per heavy atom. The highest BCUT2D eigenvalue weighted by atomic mass is 16.5. The van der Waals surface area contributed by atoms with Gasteiger partial charge in [-0.25, -0.2) is 0 Å². The average Bonchev–Trinajstić information content (AvgIpc) is 2.16. The predicted octanol–water partition coefficient (Wildman–Crippen LogP) is 1.54. The van der Waals surface area contributed by atoms with Gasteiger partial charge in [-0.1, -0.05) is 19.1 Å². The maximum atomic E-state index is 9.29. The fraction of sp³-hybridized carbons (Fsp3) is 0.400. The molecule has 0 radical (unpaired) electrons. The molecule has 0 amide bonds. The summed E-state index contributed by atoms with van der Waals surface area (Å²) in [5.41, 5.74) is 0. The maximum Gasteiger partial charge on any atom is 0.161 e. The van der Waals surface area contributed by atoms with Crippen molar-refractivity contribution >= 4 is 0 Å². The van der Waals surface area contributed by atoms with Crippen LogP contribution in [0.2, 0.25) is 0 Å². The second-order valence-corrected chi connectivity index (χ2v) is 2.84. The van der Waals surface area contributed by atoms with E-state index in [1.165, 1.54) is 0 Å². The van der Waals surface area contributed by atoms with Gasteiger partial charge < -0.3 is 14.9 Å². The molecular weight excluding hydrogens is 168 g/mol. The molecule has 0 saturated carbocycles. The van der Waals surface area contributed by atoms with Crippen LogP contribution in [0.5, 0.6) is 11.5 Å². The van der Waals surface area contributed by atoms with E-state index in [0.29, 0.717) is 12.2 Å². The Balaban J connectivity index is 2.50. The highest BCUT2D eigenvalue weighted by molar-refractivity contribution is 5.37. The second kappa shape index (κ2) is 4.72. The molecule has 0 saturated heterocycles. The van der Waals surface area contributed by atoms with Gasteiger partial charge in [0.15, 0.2) is 11.5 Å². The van der Waals surface area contributed by atoms with E-state index < -0.39 is 6.10 Å². The summed E-state index contributed by atoms with van der Waals surface area (Å²) in [6, 6.07) is 6.71. The summed E-state index contributed by atoms with van der Waals surface area (Å²) in [6.45, 7) is 2.09. The molecule has 1 unspecified atom stereocenters. The number of phenolic OH excluding ortho intramolecular Hbond substituents is 1. The van der Waals surface area contributed by atoms with Crippen molar-refractivity contribution in [1.82, 2.24) is 0 Å². The molecule has 3 heteroatoms. The third kappa shape index (κ3) is 2.95. The van der Waals surface area contributed by atoms with Crippen molar-refractivity contribution in [3.63, 3.8) is 0 Å². The van der Waals surface area contributed by atoms with E-state index in [0.717, 1.165) is 0 Å². The zero-order chi connectivity index (χ0) is 9.68. The van der Waals surface area contributed by atoms with Gasteiger partial charge in [0.2, 0.25) is 0 Å². The van der Waals surface area contributed by atoms with Crippen molar-refractivity contribution in [1.29, 1.82) is 0 Å². The second-order valence-electron chi connectivity index (χ2n) is 2.84. The first-order valence-corrected chi connectivity index (χ1v) is 4.33. The summed E-state index contributed by atoms with van der Waals surface area (Å²) in [4.78, 5) is 0. The molecule has 1 aromatic carbocycles. The fourth-order valence-electron chi connectivity index (χ4n) is 0.883. The number of para-hydroxylation sites is 2. The molecule has 0 aliphatic rings. The number of hydrogen-bond acceptors (Lipinski definition) is 3. The van der Waals surface area contributed by atoms with Crippen molar-refractivity contribution in [2.75, 3.05) is 6.61 Å². The lowest BCUT2D eigenvalue weighted by Gasteiger charge is -2.10. The highest BCUT2D eigenvalue weighted by Gasteiger charge is 2.04. The van der Waals surface area contributed by atoms with Gasteiger partial charge in [0, 0.05) is 0 Å². The van der Waals surface area contributed by atoms with Crippen LogP contribution >= 0.6 is 0 Å². The molecule has 2 N–H and O–H groups in total. The molecule has 1 aromatic rings. The highest BCUT2D eigenvalue weighted by Crippen LogP contribution is 2.24. The zero-order valence-electron chi connectivity index (χ0n) is 7.60. The Morgan fingerprint density at radius 3 is 2.69 bits per heavy atom. The van der Waals surface area contributed by atoms with Gasteiger partial charge in [0.25, 0.3) is 0 Å². The van der Waals surface area contributed by atoms with Crippen LogP contribution in [0.3, 0.4) is 0 Å². The number of aliphatic hydroxyl groups is 1. The van der Waals surface area contributed by atoms with E-state index >= 15 is 0 Å². The van der Waals surface area contributed by atoms with Crippen LogP contribution in [0, 0.1) is 0 Å². The minimum atomic E-state index is -0.473. The Bertz CT molecular complexity index is 260. The van der Waals surface area contributed by atoms with Crippen LogP contribution in [0.15, 0.2) is 24.3 Å². The summed E-state index contributed by atoms with van der Waals surface area (Å²) >= 11 is 0. The lowest BCUT2D eigenvalue weighted by atomic mass is 10.3. The quantitative estimate of drug-likeness (QED) is 0.742. The zero-order valence-corrected chi connectivity index (χ0v) is 7.60. The van der Waals surface area contributed by atoms with Crippen molar-refractivity contribution < 1.29 is 14.9 Å². The summed E-state index contributed by atoms with van der Waals surface area (Å²) in [7, 11) is 0. The molecular formula is C10H14O3. The molecule has 72 valence electrons. The number of ether oxygens (including phenoxy) is 1. The van der Waals surface area contributed by atoms with Crippen LogP contribution in [-0.4, -0.2) is 22.9 Å². The molecule has 0 heterocycles. The summed E-state index contributed by atoms with van der Waals surface area (Å²) in [6.07, 6.45) is 0.174. The number of phenols is 1. The smallest absolute Gasteiger partial charge is 0.161 e. The van der Waals surface area contributed by atoms with Crippen LogP contribution in [0.25, 0.3) is 0 Å². The van der Waals surface area contributed by atoms with Gasteiger partial charge in [0.1, 0.15) is 6.61 Å². The minimum absolute atomic E-state index is 0.103. The average molecular weight is 182 g/mol. The predicted molar refractivity (Wildman–Crippen MR) is 49.9 cm³/mol. The molecule has 3 nitrogen and oxygen atoms in total. The van der Waals surface area contributed by atoms with Gasteiger partial charge in [0.05, 0.1) is 6.10 Å². The molecule has 1 atom stereocenters. The lowest BCUT2D eigenvalue weighted by Crippen LogP contribution is -2.15. The van der Waals surface area contributed by atoms with Gasteiger partial charge in [-0.3, -0.25) is 0 Å². The van der Waals surface area contributed by atoms with Gasteiger partial charge in [-0.2, -0.15) is 0 Å². The van der Waals surface area contributed by atoms with Crippen LogP contribution in [0.4, 0.5) is 0 Å². The monoisotopic (exact) mass is 182 g/mol. The number of aliphatic hydroxyl groups excluding tert-OH is 1. The molecule has 0 spiro atoms. The number of hydrogen-bond donors (Lipinski definition) is 2. The van der Waals surface area contributed by atoms with Crippen LogP contribution < -0.4 is 4.74 Å². The van der Waals surface area contributed by atoms with Crippen molar-refractivity contribution in [3.05, 3.63) is 24.3 Å². The third-order valence-corrected chi connectivity index (χ3v) is 1.77. The van der Waals surface area contributed by atoms with Gasteiger partial charge in [-0.05, 0) is 18.6 Å². The molecule has 13 heavy (non-hydrogen) atoms. The minimum Gasteiger partial charge on any atom is -0.504 e. The van der Waals surface area contributed by atoms with Crippen LogP contribution in [0.1, 0.15) is 13.3 Å². The van der Waals surface area contributed by atoms with Gasteiger partial charge >= 0.3 is 0 Å². The molecule has 0 aliphatic heterocycles. The molecule has 0 aromatic heterocycles. The standard InChI is InChI=1S/C10H14O3/c1-2-8(11)7-13-10-6-4-3-5-9(10)12/h3-6,8,11-12H,2,7H2,1H3. The van der Waals surface area contributed by atoms with Crippen molar-refractivity contribution in [3.8, 4) is 11.5 Å². The summed E-state index contributed by atoms with van der Waals surface area (Å²) in [5, 5.41) is 18.5. The number of aromatic hydroxyl groups is 1. The van der Waals surface area contributed by atoms with E-state index in [1.54, 1.807) is 24.3 Å². The summed E-state index contributed by atoms with van der Waals surface area (Å²) in [5.74, 6) is 0.515. The molecule has 0 aliphatic carbocycles. The SMILES string of the molecule is CCC(O)COc1ccccc1O. The molecule has 0 bridgehead atoms. The van der Waals surface area contributed by atoms with Gasteiger partial charge in [-0.15, -0.1) is 0 Å². The fourth-order valence-corrected chi connectivity index (χ4v) is 0.883. The van der Waals surface area contributed by atoms with Crippen molar-refractivity contribution in [2.24, 2.45) is 0 Å². The van der Waals surface area contributed by atoms with E-state index in [4.69, 9.17) is 4.74 Å². The number of benzene rings is 1. The first-order chi connectivity index (χ1) is 6.24. The summed E-state index contributed by atoms with van der Waals surface area (Å²) < 4.78 is 5.19. The first-order valence-electron chi connectivity index (χ1n) is 4.33. The van der Waals surface area contributed by atoms with E-state index in [2.05, 4.69) is 0 Å². The Morgan fingerprint density at radius 2 is 2.08 bits per heavy atom. The normalized spacial score (nSPS) is 12.5. The van der Waals surface area contributed by atoms with E-state index in [9.17, 15) is 10.2 Å². The first kappa shape index (κ1) is 9.86. The topological polar surface area (TPSA) is 49.7 Å². The largest absolute Gasteiger partial charge is 0.504 e. The van der Waals surface area contributed by atoms with Crippen molar-refractivity contribution in [2.45, 2.75) is 19.4 Å². The lowest BCUT2D eigenvalue weighted by molar-refractivity contribution is 0.103. The molecule has 0 fully saturated rings. The Kier molecular flexibility index (Phi) is 3.58. The molecule has 1 rings (SSSR count). The Hall–Kier alpha value is -1.22. The Labute approximate surface area is 77.6 Å². The third-order valence-electron chi connectivity index (χ3n) is 1.77. The van der Waals surface area contributed by atoms with E-state index in [1.807, 2.05) is 6.92 Å². The number of rotatable bonds is 4. The van der Waals surface area contributed by atoms with E-state index in [-0.39, 0.29) is 12.4 Å². The van der Waals surface area contributed by atoms with Crippen LogP contribution in [-0.2, 0) is 0 Å². The maximum absolute atomic E-state index is 9.29.